The molecule has 0 aliphatic carbocycles. The van der Waals surface area contributed by atoms with Gasteiger partial charge in [-0.3, -0.25) is 14.5 Å². The number of aryl methyl sites for hydroxylation is 1. The lowest BCUT2D eigenvalue weighted by Crippen LogP contribution is -2.32. The van der Waals surface area contributed by atoms with Crippen LogP contribution in [-0.2, 0) is 4.79 Å². The first kappa shape index (κ1) is 21.5. The molecular formula is C22H22BrNO4S. The number of amides is 2. The SMILES string of the molecule is CCCOc1ccc(/C=C2\SC(=O)N(CCOc3ccc(C)cc3)C2=O)cc1Br. The van der Waals surface area contributed by atoms with Crippen LogP contribution in [0.3, 0.4) is 0 Å². The minimum atomic E-state index is -0.296. The maximum Gasteiger partial charge on any atom is 0.293 e. The summed E-state index contributed by atoms with van der Waals surface area (Å²) in [6.45, 7) is 5.15. The fourth-order valence-electron chi connectivity index (χ4n) is 2.67. The van der Waals surface area contributed by atoms with Gasteiger partial charge in [0.2, 0.25) is 0 Å². The number of carbonyl (C=O) groups excluding carboxylic acids is 2. The van der Waals surface area contributed by atoms with E-state index in [2.05, 4.69) is 15.9 Å². The van der Waals surface area contributed by atoms with Gasteiger partial charge in [0.05, 0.1) is 22.5 Å². The molecule has 152 valence electrons. The van der Waals surface area contributed by atoms with E-state index in [1.54, 1.807) is 6.08 Å². The predicted molar refractivity (Wildman–Crippen MR) is 119 cm³/mol. The van der Waals surface area contributed by atoms with Gasteiger partial charge in [0.15, 0.2) is 0 Å². The number of benzene rings is 2. The van der Waals surface area contributed by atoms with Gasteiger partial charge in [0, 0.05) is 0 Å². The average Bonchev–Trinajstić information content (AvgIpc) is 2.96. The van der Waals surface area contributed by atoms with E-state index < -0.39 is 0 Å². The highest BCUT2D eigenvalue weighted by Crippen LogP contribution is 2.33. The predicted octanol–water partition coefficient (Wildman–Crippen LogP) is 5.66. The number of imide groups is 1. The van der Waals surface area contributed by atoms with E-state index in [1.807, 2.05) is 56.3 Å². The second-order valence-corrected chi connectivity index (χ2v) is 8.38. The van der Waals surface area contributed by atoms with Crippen molar-refractivity contribution in [2.75, 3.05) is 19.8 Å². The molecular weight excluding hydrogens is 454 g/mol. The molecule has 5 nitrogen and oxygen atoms in total. The standard InChI is InChI=1S/C22H22BrNO4S/c1-3-11-28-19-9-6-16(13-18(19)23)14-20-21(25)24(22(26)29-20)10-12-27-17-7-4-15(2)5-8-17/h4-9,13-14H,3,10-12H2,1-2H3/b20-14-. The van der Waals surface area contributed by atoms with Crippen LogP contribution in [0.15, 0.2) is 51.8 Å². The van der Waals surface area contributed by atoms with Gasteiger partial charge in [0.1, 0.15) is 18.1 Å². The van der Waals surface area contributed by atoms with Gasteiger partial charge in [-0.1, -0.05) is 30.7 Å². The molecule has 7 heteroatoms. The summed E-state index contributed by atoms with van der Waals surface area (Å²) in [5, 5.41) is -0.282. The normalized spacial score (nSPS) is 15.3. The molecule has 2 aromatic carbocycles. The summed E-state index contributed by atoms with van der Waals surface area (Å²) in [5.74, 6) is 1.17. The largest absolute Gasteiger partial charge is 0.492 e. The third kappa shape index (κ3) is 5.64. The molecule has 2 amide bonds. The number of nitrogens with zero attached hydrogens (tertiary/aromatic N) is 1. The lowest BCUT2D eigenvalue weighted by Gasteiger charge is -2.13. The number of hydrogen-bond acceptors (Lipinski definition) is 5. The summed E-state index contributed by atoms with van der Waals surface area (Å²) in [7, 11) is 0. The number of halogens is 1. The maximum atomic E-state index is 12.6. The Balaban J connectivity index is 1.62. The molecule has 1 aliphatic rings. The van der Waals surface area contributed by atoms with E-state index in [9.17, 15) is 9.59 Å². The molecule has 2 aromatic rings. The van der Waals surface area contributed by atoms with Gasteiger partial charge in [0.25, 0.3) is 11.1 Å². The van der Waals surface area contributed by atoms with E-state index in [0.29, 0.717) is 17.3 Å². The van der Waals surface area contributed by atoms with Crippen molar-refractivity contribution < 1.29 is 19.1 Å². The molecule has 1 saturated heterocycles. The van der Waals surface area contributed by atoms with Crippen molar-refractivity contribution in [1.29, 1.82) is 0 Å². The summed E-state index contributed by atoms with van der Waals surface area (Å²) in [6.07, 6.45) is 2.65. The van der Waals surface area contributed by atoms with Crippen molar-refractivity contribution in [2.45, 2.75) is 20.3 Å². The molecule has 0 radical (unpaired) electrons. The summed E-state index contributed by atoms with van der Waals surface area (Å²) >= 11 is 4.43. The van der Waals surface area contributed by atoms with E-state index in [-0.39, 0.29) is 24.3 Å². The van der Waals surface area contributed by atoms with Crippen LogP contribution in [0.25, 0.3) is 6.08 Å². The van der Waals surface area contributed by atoms with Crippen molar-refractivity contribution >= 4 is 44.9 Å². The van der Waals surface area contributed by atoms with Gasteiger partial charge in [-0.15, -0.1) is 0 Å². The van der Waals surface area contributed by atoms with Crippen molar-refractivity contribution in [1.82, 2.24) is 4.90 Å². The van der Waals surface area contributed by atoms with Gasteiger partial charge in [-0.05, 0) is 76.9 Å². The van der Waals surface area contributed by atoms with Crippen LogP contribution in [0, 0.1) is 6.92 Å². The number of hydrogen-bond donors (Lipinski definition) is 0. The summed E-state index contributed by atoms with van der Waals surface area (Å²) in [5.41, 5.74) is 1.96. The Morgan fingerprint density at radius 2 is 1.83 bits per heavy atom. The summed E-state index contributed by atoms with van der Waals surface area (Å²) in [6, 6.07) is 13.2. The number of carbonyl (C=O) groups is 2. The van der Waals surface area contributed by atoms with E-state index in [4.69, 9.17) is 9.47 Å². The Labute approximate surface area is 183 Å². The fourth-order valence-corrected chi connectivity index (χ4v) is 4.05. The van der Waals surface area contributed by atoms with Crippen LogP contribution in [0.4, 0.5) is 4.79 Å². The summed E-state index contributed by atoms with van der Waals surface area (Å²) in [4.78, 5) is 26.5. The lowest BCUT2D eigenvalue weighted by atomic mass is 10.2. The zero-order valence-electron chi connectivity index (χ0n) is 16.3. The van der Waals surface area contributed by atoms with Crippen molar-refractivity contribution in [3.63, 3.8) is 0 Å². The highest BCUT2D eigenvalue weighted by atomic mass is 79.9. The first-order chi connectivity index (χ1) is 14.0. The molecule has 0 bridgehead atoms. The van der Waals surface area contributed by atoms with Crippen LogP contribution in [0.5, 0.6) is 11.5 Å². The van der Waals surface area contributed by atoms with Crippen molar-refractivity contribution in [2.24, 2.45) is 0 Å². The molecule has 1 aliphatic heterocycles. The zero-order chi connectivity index (χ0) is 20.8. The molecule has 0 spiro atoms. The molecule has 3 rings (SSSR count). The molecule has 29 heavy (non-hydrogen) atoms. The second-order valence-electron chi connectivity index (χ2n) is 6.53. The van der Waals surface area contributed by atoms with Crippen LogP contribution >= 0.6 is 27.7 Å². The first-order valence-corrected chi connectivity index (χ1v) is 11.0. The van der Waals surface area contributed by atoms with Crippen LogP contribution < -0.4 is 9.47 Å². The minimum Gasteiger partial charge on any atom is -0.492 e. The molecule has 0 atom stereocenters. The number of rotatable bonds is 8. The highest BCUT2D eigenvalue weighted by molar-refractivity contribution is 9.10. The Kier molecular flexibility index (Phi) is 7.39. The quantitative estimate of drug-likeness (QED) is 0.460. The number of thioether (sulfide) groups is 1. The lowest BCUT2D eigenvalue weighted by molar-refractivity contribution is -0.123. The molecule has 0 N–H and O–H groups in total. The number of ether oxygens (including phenoxy) is 2. The van der Waals surface area contributed by atoms with Gasteiger partial charge in [-0.2, -0.15) is 0 Å². The first-order valence-electron chi connectivity index (χ1n) is 9.35. The van der Waals surface area contributed by atoms with E-state index >= 15 is 0 Å². The smallest absolute Gasteiger partial charge is 0.293 e. The maximum absolute atomic E-state index is 12.6. The average molecular weight is 476 g/mol. The van der Waals surface area contributed by atoms with Crippen LogP contribution in [0.1, 0.15) is 24.5 Å². The molecule has 1 fully saturated rings. The zero-order valence-corrected chi connectivity index (χ0v) is 18.7. The molecule has 0 unspecified atom stereocenters. The fraction of sp³-hybridized carbons (Fsp3) is 0.273. The Hall–Kier alpha value is -2.25. The minimum absolute atomic E-state index is 0.212. The second kappa shape index (κ2) is 9.98. The third-order valence-corrected chi connectivity index (χ3v) is 5.72. The Morgan fingerprint density at radius 3 is 2.52 bits per heavy atom. The third-order valence-electron chi connectivity index (χ3n) is 4.19. The monoisotopic (exact) mass is 475 g/mol. The summed E-state index contributed by atoms with van der Waals surface area (Å²) < 4.78 is 12.1. The topological polar surface area (TPSA) is 55.8 Å². The van der Waals surface area contributed by atoms with Crippen molar-refractivity contribution in [3.05, 3.63) is 63.0 Å². The Morgan fingerprint density at radius 1 is 1.07 bits per heavy atom. The highest BCUT2D eigenvalue weighted by Gasteiger charge is 2.34. The molecule has 1 heterocycles. The van der Waals surface area contributed by atoms with Gasteiger partial charge < -0.3 is 9.47 Å². The van der Waals surface area contributed by atoms with Gasteiger partial charge in [-0.25, -0.2) is 0 Å². The van der Waals surface area contributed by atoms with Crippen LogP contribution in [-0.4, -0.2) is 35.8 Å². The van der Waals surface area contributed by atoms with E-state index in [1.165, 1.54) is 4.90 Å². The van der Waals surface area contributed by atoms with Crippen molar-refractivity contribution in [3.8, 4) is 11.5 Å². The van der Waals surface area contributed by atoms with E-state index in [0.717, 1.165) is 39.5 Å². The Bertz CT molecular complexity index is 927. The van der Waals surface area contributed by atoms with Gasteiger partial charge >= 0.3 is 0 Å². The van der Waals surface area contributed by atoms with Crippen LogP contribution in [0.2, 0.25) is 0 Å². The molecule has 0 saturated carbocycles. The molecule has 0 aromatic heterocycles.